The van der Waals surface area contributed by atoms with Crippen molar-refractivity contribution in [2.45, 2.75) is 12.8 Å². The zero-order valence-electron chi connectivity index (χ0n) is 7.99. The second-order valence-electron chi connectivity index (χ2n) is 3.40. The average Bonchev–Trinajstić information content (AvgIpc) is 2.66. The van der Waals surface area contributed by atoms with Gasteiger partial charge in [0, 0.05) is 19.6 Å². The van der Waals surface area contributed by atoms with Gasteiger partial charge in [-0.05, 0) is 24.8 Å². The van der Waals surface area contributed by atoms with E-state index in [4.69, 9.17) is 10.5 Å². The standard InChI is InChI=1S/C9H17NO3/c1-12-9(11)4-8(5-10)7-2-3-13-6-7/h7-8H,2-6,10H2,1H3. The van der Waals surface area contributed by atoms with Crippen LogP contribution in [0.4, 0.5) is 0 Å². The summed E-state index contributed by atoms with van der Waals surface area (Å²) in [5.41, 5.74) is 5.59. The van der Waals surface area contributed by atoms with Crippen LogP contribution >= 0.6 is 0 Å². The van der Waals surface area contributed by atoms with Crippen molar-refractivity contribution < 1.29 is 14.3 Å². The van der Waals surface area contributed by atoms with Crippen molar-refractivity contribution >= 4 is 5.97 Å². The summed E-state index contributed by atoms with van der Waals surface area (Å²) < 4.78 is 9.85. The van der Waals surface area contributed by atoms with Gasteiger partial charge in [-0.25, -0.2) is 0 Å². The Morgan fingerprint density at radius 1 is 1.77 bits per heavy atom. The maximum absolute atomic E-state index is 11.0. The molecule has 4 heteroatoms. The molecule has 1 heterocycles. The second kappa shape index (κ2) is 5.19. The van der Waals surface area contributed by atoms with Crippen molar-refractivity contribution in [2.24, 2.45) is 17.6 Å². The summed E-state index contributed by atoms with van der Waals surface area (Å²) in [6.07, 6.45) is 1.43. The molecule has 1 fully saturated rings. The third-order valence-corrected chi connectivity index (χ3v) is 2.59. The molecule has 0 aromatic carbocycles. The Morgan fingerprint density at radius 2 is 2.54 bits per heavy atom. The molecule has 0 spiro atoms. The normalized spacial score (nSPS) is 24.3. The number of carbonyl (C=O) groups excluding carboxylic acids is 1. The molecule has 0 saturated carbocycles. The van der Waals surface area contributed by atoms with E-state index in [2.05, 4.69) is 4.74 Å². The first-order valence-corrected chi connectivity index (χ1v) is 4.62. The third-order valence-electron chi connectivity index (χ3n) is 2.59. The second-order valence-corrected chi connectivity index (χ2v) is 3.40. The minimum atomic E-state index is -0.178. The molecule has 0 aromatic rings. The summed E-state index contributed by atoms with van der Waals surface area (Å²) in [7, 11) is 1.40. The number of methoxy groups -OCH3 is 1. The first-order chi connectivity index (χ1) is 6.27. The van der Waals surface area contributed by atoms with E-state index in [0.29, 0.717) is 18.9 Å². The highest BCUT2D eigenvalue weighted by Gasteiger charge is 2.26. The van der Waals surface area contributed by atoms with Gasteiger partial charge in [-0.1, -0.05) is 0 Å². The fourth-order valence-electron chi connectivity index (χ4n) is 1.66. The predicted octanol–water partition coefficient (Wildman–Crippen LogP) is 0.161. The highest BCUT2D eigenvalue weighted by molar-refractivity contribution is 5.69. The van der Waals surface area contributed by atoms with Crippen LogP contribution in [-0.4, -0.2) is 32.8 Å². The molecule has 2 atom stereocenters. The van der Waals surface area contributed by atoms with Crippen molar-refractivity contribution in [1.82, 2.24) is 0 Å². The Balaban J connectivity index is 2.37. The Kier molecular flexibility index (Phi) is 4.18. The van der Waals surface area contributed by atoms with E-state index in [0.717, 1.165) is 19.6 Å². The van der Waals surface area contributed by atoms with E-state index in [1.807, 2.05) is 0 Å². The lowest BCUT2D eigenvalue weighted by Gasteiger charge is -2.18. The van der Waals surface area contributed by atoms with Crippen molar-refractivity contribution in [3.05, 3.63) is 0 Å². The molecular weight excluding hydrogens is 170 g/mol. The molecule has 4 nitrogen and oxygen atoms in total. The van der Waals surface area contributed by atoms with Crippen LogP contribution in [0.2, 0.25) is 0 Å². The van der Waals surface area contributed by atoms with Crippen molar-refractivity contribution in [1.29, 1.82) is 0 Å². The molecule has 0 bridgehead atoms. The topological polar surface area (TPSA) is 61.5 Å². The van der Waals surface area contributed by atoms with Gasteiger partial charge in [0.2, 0.25) is 0 Å². The van der Waals surface area contributed by atoms with E-state index in [9.17, 15) is 4.79 Å². The van der Waals surface area contributed by atoms with Crippen LogP contribution in [0.15, 0.2) is 0 Å². The fourth-order valence-corrected chi connectivity index (χ4v) is 1.66. The van der Waals surface area contributed by atoms with E-state index in [1.54, 1.807) is 0 Å². The first kappa shape index (κ1) is 10.5. The zero-order valence-corrected chi connectivity index (χ0v) is 7.99. The largest absolute Gasteiger partial charge is 0.469 e. The molecule has 1 aliphatic rings. The van der Waals surface area contributed by atoms with Crippen LogP contribution in [-0.2, 0) is 14.3 Å². The molecule has 0 aromatic heterocycles. The Labute approximate surface area is 78.4 Å². The van der Waals surface area contributed by atoms with Crippen molar-refractivity contribution in [3.8, 4) is 0 Å². The van der Waals surface area contributed by atoms with Crippen LogP contribution in [0.1, 0.15) is 12.8 Å². The molecule has 2 N–H and O–H groups in total. The van der Waals surface area contributed by atoms with E-state index in [-0.39, 0.29) is 11.9 Å². The van der Waals surface area contributed by atoms with Crippen molar-refractivity contribution in [2.75, 3.05) is 26.9 Å². The Hall–Kier alpha value is -0.610. The van der Waals surface area contributed by atoms with Gasteiger partial charge in [-0.15, -0.1) is 0 Å². The molecule has 1 aliphatic heterocycles. The minimum Gasteiger partial charge on any atom is -0.469 e. The summed E-state index contributed by atoms with van der Waals surface area (Å²) in [5, 5.41) is 0. The lowest BCUT2D eigenvalue weighted by atomic mass is 9.89. The molecular formula is C9H17NO3. The predicted molar refractivity (Wildman–Crippen MR) is 48.1 cm³/mol. The SMILES string of the molecule is COC(=O)CC(CN)C1CCOC1. The van der Waals surface area contributed by atoms with E-state index >= 15 is 0 Å². The molecule has 0 radical (unpaired) electrons. The highest BCUT2D eigenvalue weighted by Crippen LogP contribution is 2.24. The third kappa shape index (κ3) is 2.97. The molecule has 13 heavy (non-hydrogen) atoms. The Morgan fingerprint density at radius 3 is 3.00 bits per heavy atom. The van der Waals surface area contributed by atoms with Gasteiger partial charge in [0.05, 0.1) is 7.11 Å². The number of nitrogens with two attached hydrogens (primary N) is 1. The quantitative estimate of drug-likeness (QED) is 0.637. The van der Waals surface area contributed by atoms with Crippen LogP contribution in [0, 0.1) is 11.8 Å². The number of ether oxygens (including phenoxy) is 2. The monoisotopic (exact) mass is 187 g/mol. The lowest BCUT2D eigenvalue weighted by molar-refractivity contribution is -0.142. The first-order valence-electron chi connectivity index (χ1n) is 4.62. The summed E-state index contributed by atoms with van der Waals surface area (Å²) in [6.45, 7) is 2.06. The number of hydrogen-bond acceptors (Lipinski definition) is 4. The number of rotatable bonds is 4. The van der Waals surface area contributed by atoms with Gasteiger partial charge in [0.1, 0.15) is 0 Å². The van der Waals surface area contributed by atoms with Gasteiger partial charge in [-0.2, -0.15) is 0 Å². The molecule has 1 rings (SSSR count). The lowest BCUT2D eigenvalue weighted by Crippen LogP contribution is -2.26. The number of esters is 1. The van der Waals surface area contributed by atoms with Gasteiger partial charge in [-0.3, -0.25) is 4.79 Å². The zero-order chi connectivity index (χ0) is 9.68. The molecule has 1 saturated heterocycles. The highest BCUT2D eigenvalue weighted by atomic mass is 16.5. The molecule has 0 aliphatic carbocycles. The van der Waals surface area contributed by atoms with Crippen LogP contribution in [0.3, 0.4) is 0 Å². The van der Waals surface area contributed by atoms with E-state index in [1.165, 1.54) is 7.11 Å². The number of carbonyl (C=O) groups is 1. The molecule has 2 unspecified atom stereocenters. The summed E-state index contributed by atoms with van der Waals surface area (Å²) in [5.74, 6) is 0.474. The summed E-state index contributed by atoms with van der Waals surface area (Å²) >= 11 is 0. The van der Waals surface area contributed by atoms with Gasteiger partial charge in [0.15, 0.2) is 0 Å². The van der Waals surface area contributed by atoms with E-state index < -0.39 is 0 Å². The molecule has 76 valence electrons. The summed E-state index contributed by atoms with van der Waals surface area (Å²) in [4.78, 5) is 11.0. The maximum Gasteiger partial charge on any atom is 0.305 e. The molecule has 0 amide bonds. The summed E-state index contributed by atoms with van der Waals surface area (Å²) in [6, 6.07) is 0. The minimum absolute atomic E-state index is 0.178. The average molecular weight is 187 g/mol. The van der Waals surface area contributed by atoms with Gasteiger partial charge >= 0.3 is 5.97 Å². The van der Waals surface area contributed by atoms with Crippen LogP contribution in [0.25, 0.3) is 0 Å². The fraction of sp³-hybridized carbons (Fsp3) is 0.889. The van der Waals surface area contributed by atoms with Crippen LogP contribution < -0.4 is 5.73 Å². The maximum atomic E-state index is 11.0. The van der Waals surface area contributed by atoms with Crippen LogP contribution in [0.5, 0.6) is 0 Å². The Bertz CT molecular complexity index is 166. The van der Waals surface area contributed by atoms with Crippen molar-refractivity contribution in [3.63, 3.8) is 0 Å². The smallest absolute Gasteiger partial charge is 0.305 e. The number of hydrogen-bond donors (Lipinski definition) is 1. The van der Waals surface area contributed by atoms with Gasteiger partial charge < -0.3 is 15.2 Å². The van der Waals surface area contributed by atoms with Gasteiger partial charge in [0.25, 0.3) is 0 Å².